The fourth-order valence-electron chi connectivity index (χ4n) is 1.68. The molecule has 1 aliphatic heterocycles. The van der Waals surface area contributed by atoms with Gasteiger partial charge in [-0.25, -0.2) is 4.98 Å². The molecule has 1 fully saturated rings. The number of carbonyl (C=O) groups excluding carboxylic acids is 1. The number of nitrogens with zero attached hydrogens (tertiary/aromatic N) is 1. The van der Waals surface area contributed by atoms with E-state index in [1.165, 1.54) is 0 Å². The minimum Gasteiger partial charge on any atom is -0.309 e. The third-order valence-corrected chi connectivity index (χ3v) is 3.32. The largest absolute Gasteiger partial charge is 0.309 e. The Hall–Kier alpha value is -1.07. The second-order valence-corrected chi connectivity index (χ2v) is 4.96. The van der Waals surface area contributed by atoms with Crippen molar-refractivity contribution in [1.82, 2.24) is 10.3 Å². The van der Waals surface area contributed by atoms with Gasteiger partial charge in [-0.1, -0.05) is 0 Å². The molecule has 0 aliphatic carbocycles. The molecule has 1 aromatic heterocycles. The van der Waals surface area contributed by atoms with Crippen molar-refractivity contribution in [1.29, 1.82) is 0 Å². The van der Waals surface area contributed by atoms with E-state index >= 15 is 0 Å². The molecule has 1 saturated heterocycles. The molecule has 1 atom stereocenters. The molecule has 2 heterocycles. The van der Waals surface area contributed by atoms with Gasteiger partial charge in [0.1, 0.15) is 5.82 Å². The van der Waals surface area contributed by atoms with E-state index in [4.69, 9.17) is 0 Å². The van der Waals surface area contributed by atoms with Crippen molar-refractivity contribution in [2.75, 3.05) is 16.9 Å². The van der Waals surface area contributed by atoms with Crippen molar-refractivity contribution < 1.29 is 4.79 Å². The highest BCUT2D eigenvalue weighted by molar-refractivity contribution is 7.99. The number of anilines is 1. The lowest BCUT2D eigenvalue weighted by atomic mass is 10.2. The van der Waals surface area contributed by atoms with Crippen LogP contribution < -0.4 is 10.6 Å². The Kier molecular flexibility index (Phi) is 3.46. The zero-order chi connectivity index (χ0) is 11.5. The topological polar surface area (TPSA) is 54.0 Å². The van der Waals surface area contributed by atoms with Crippen LogP contribution in [0, 0.1) is 13.8 Å². The van der Waals surface area contributed by atoms with E-state index < -0.39 is 0 Å². The van der Waals surface area contributed by atoms with Gasteiger partial charge in [0.15, 0.2) is 0 Å². The summed E-state index contributed by atoms with van der Waals surface area (Å²) in [6.07, 6.45) is 0. The van der Waals surface area contributed by atoms with Gasteiger partial charge in [0.25, 0.3) is 0 Å². The molecular formula is C11H15N3OS. The maximum absolute atomic E-state index is 11.8. The molecule has 16 heavy (non-hydrogen) atoms. The van der Waals surface area contributed by atoms with E-state index in [2.05, 4.69) is 15.6 Å². The van der Waals surface area contributed by atoms with E-state index in [9.17, 15) is 4.79 Å². The first kappa shape index (κ1) is 11.4. The Morgan fingerprint density at radius 1 is 1.56 bits per heavy atom. The molecule has 0 bridgehead atoms. The van der Waals surface area contributed by atoms with Crippen LogP contribution in [0.5, 0.6) is 0 Å². The summed E-state index contributed by atoms with van der Waals surface area (Å²) in [5.74, 6) is 2.32. The van der Waals surface area contributed by atoms with E-state index in [0.29, 0.717) is 5.82 Å². The highest BCUT2D eigenvalue weighted by Gasteiger charge is 2.22. The maximum Gasteiger partial charge on any atom is 0.243 e. The average molecular weight is 237 g/mol. The number of rotatable bonds is 2. The average Bonchev–Trinajstić information content (AvgIpc) is 2.68. The van der Waals surface area contributed by atoms with Gasteiger partial charge in [0, 0.05) is 17.3 Å². The second-order valence-electron chi connectivity index (χ2n) is 3.93. The summed E-state index contributed by atoms with van der Waals surface area (Å²) in [5.41, 5.74) is 2.03. The molecule has 2 rings (SSSR count). The van der Waals surface area contributed by atoms with Crippen molar-refractivity contribution in [3.8, 4) is 0 Å². The van der Waals surface area contributed by atoms with Gasteiger partial charge in [0.05, 0.1) is 6.04 Å². The predicted octanol–water partition coefficient (Wildman–Crippen LogP) is 1.30. The molecule has 0 spiro atoms. The fraction of sp³-hybridized carbons (Fsp3) is 0.455. The smallest absolute Gasteiger partial charge is 0.243 e. The Labute approximate surface area is 99.2 Å². The SMILES string of the molecule is Cc1cc(C)nc(NC(=O)C2CSCN2)c1. The number of pyridine rings is 1. The normalized spacial score (nSPS) is 19.8. The Morgan fingerprint density at radius 3 is 3.00 bits per heavy atom. The van der Waals surface area contributed by atoms with Gasteiger partial charge in [0.2, 0.25) is 5.91 Å². The van der Waals surface area contributed by atoms with Gasteiger partial charge in [-0.05, 0) is 31.5 Å². The summed E-state index contributed by atoms with van der Waals surface area (Å²) in [4.78, 5) is 16.1. The van der Waals surface area contributed by atoms with Gasteiger partial charge in [-0.15, -0.1) is 11.8 Å². The number of hydrogen-bond acceptors (Lipinski definition) is 4. The zero-order valence-corrected chi connectivity index (χ0v) is 10.2. The van der Waals surface area contributed by atoms with Crippen LogP contribution in [-0.2, 0) is 4.79 Å². The van der Waals surface area contributed by atoms with Gasteiger partial charge < -0.3 is 5.32 Å². The molecule has 1 aromatic rings. The van der Waals surface area contributed by atoms with Crippen LogP contribution in [0.3, 0.4) is 0 Å². The van der Waals surface area contributed by atoms with E-state index in [0.717, 1.165) is 22.9 Å². The van der Waals surface area contributed by atoms with Crippen LogP contribution in [0.2, 0.25) is 0 Å². The number of nitrogens with one attached hydrogen (secondary N) is 2. The molecule has 4 nitrogen and oxygen atoms in total. The lowest BCUT2D eigenvalue weighted by molar-refractivity contribution is -0.117. The van der Waals surface area contributed by atoms with Crippen molar-refractivity contribution in [2.24, 2.45) is 0 Å². The van der Waals surface area contributed by atoms with Gasteiger partial charge >= 0.3 is 0 Å². The standard InChI is InChI=1S/C11H15N3OS/c1-7-3-8(2)13-10(4-7)14-11(15)9-5-16-6-12-9/h3-4,9,12H,5-6H2,1-2H3,(H,13,14,15). The summed E-state index contributed by atoms with van der Waals surface area (Å²) in [7, 11) is 0. The molecule has 1 amide bonds. The predicted molar refractivity (Wildman–Crippen MR) is 66.6 cm³/mol. The molecule has 86 valence electrons. The van der Waals surface area contributed by atoms with Crippen LogP contribution in [-0.4, -0.2) is 28.6 Å². The molecule has 2 N–H and O–H groups in total. The minimum absolute atomic E-state index is 0.00231. The molecule has 0 aromatic carbocycles. The second kappa shape index (κ2) is 4.84. The van der Waals surface area contributed by atoms with Crippen molar-refractivity contribution in [2.45, 2.75) is 19.9 Å². The van der Waals surface area contributed by atoms with Crippen LogP contribution in [0.25, 0.3) is 0 Å². The fourth-order valence-corrected chi connectivity index (χ4v) is 2.62. The third-order valence-electron chi connectivity index (χ3n) is 2.38. The van der Waals surface area contributed by atoms with Crippen molar-refractivity contribution in [3.05, 3.63) is 23.4 Å². The quantitative estimate of drug-likeness (QED) is 0.814. The van der Waals surface area contributed by atoms with Gasteiger partial charge in [-0.3, -0.25) is 10.1 Å². The van der Waals surface area contributed by atoms with Crippen molar-refractivity contribution in [3.63, 3.8) is 0 Å². The van der Waals surface area contributed by atoms with Crippen LogP contribution in [0.1, 0.15) is 11.3 Å². The highest BCUT2D eigenvalue weighted by Crippen LogP contribution is 2.13. The van der Waals surface area contributed by atoms with E-state index in [-0.39, 0.29) is 11.9 Å². The Balaban J connectivity index is 2.05. The summed E-state index contributed by atoms with van der Waals surface area (Å²) in [6.45, 7) is 3.92. The van der Waals surface area contributed by atoms with Crippen molar-refractivity contribution >= 4 is 23.5 Å². The van der Waals surface area contributed by atoms with Gasteiger partial charge in [-0.2, -0.15) is 0 Å². The van der Waals surface area contributed by atoms with E-state index in [1.807, 2.05) is 26.0 Å². The monoisotopic (exact) mass is 237 g/mol. The zero-order valence-electron chi connectivity index (χ0n) is 9.41. The van der Waals surface area contributed by atoms with Crippen LogP contribution >= 0.6 is 11.8 Å². The Morgan fingerprint density at radius 2 is 2.38 bits per heavy atom. The summed E-state index contributed by atoms with van der Waals surface area (Å²) < 4.78 is 0. The summed E-state index contributed by atoms with van der Waals surface area (Å²) >= 11 is 1.74. The molecule has 1 aliphatic rings. The first-order valence-electron chi connectivity index (χ1n) is 5.22. The molecule has 0 saturated carbocycles. The van der Waals surface area contributed by atoms with Crippen LogP contribution in [0.4, 0.5) is 5.82 Å². The molecule has 1 unspecified atom stereocenters. The minimum atomic E-state index is -0.0902. The number of carbonyl (C=O) groups is 1. The number of amides is 1. The summed E-state index contributed by atoms with van der Waals surface area (Å²) in [5, 5.41) is 5.97. The first-order chi connectivity index (χ1) is 7.65. The molecular weight excluding hydrogens is 222 g/mol. The van der Waals surface area contributed by atoms with Crippen LogP contribution in [0.15, 0.2) is 12.1 Å². The molecule has 5 heteroatoms. The number of aryl methyl sites for hydroxylation is 2. The number of thioether (sulfide) groups is 1. The lowest BCUT2D eigenvalue weighted by Crippen LogP contribution is -2.37. The van der Waals surface area contributed by atoms with E-state index in [1.54, 1.807) is 11.8 Å². The third kappa shape index (κ3) is 2.74. The number of aromatic nitrogens is 1. The first-order valence-corrected chi connectivity index (χ1v) is 6.38. The Bertz CT molecular complexity index is 382. The maximum atomic E-state index is 11.8. The number of hydrogen-bond donors (Lipinski definition) is 2. The molecule has 0 radical (unpaired) electrons. The highest BCUT2D eigenvalue weighted by atomic mass is 32.2. The summed E-state index contributed by atoms with van der Waals surface area (Å²) in [6, 6.07) is 3.78. The lowest BCUT2D eigenvalue weighted by Gasteiger charge is -2.10.